The standard InChI is InChI=1S/C36H27N2O/c1-20-9-10-28-27(15-20)34-33-23-7-5-6-8-31(23)39-32(33)19-26-25-18-24-21(16-30(25)38(28)35(26)34)11-13-37-14-12-22(17-29(24)37)36(2,3)4/h5-19H,1-4H3/q+1. The number of furan rings is 1. The van der Waals surface area contributed by atoms with Crippen LogP contribution in [0.3, 0.4) is 0 Å². The molecule has 0 aliphatic carbocycles. The van der Waals surface area contributed by atoms with E-state index in [0.717, 1.165) is 11.2 Å². The van der Waals surface area contributed by atoms with Crippen LogP contribution in [0.1, 0.15) is 31.9 Å². The third-order valence-electron chi connectivity index (χ3n) is 8.77. The minimum Gasteiger partial charge on any atom is -0.456 e. The Morgan fingerprint density at radius 2 is 1.51 bits per heavy atom. The van der Waals surface area contributed by atoms with Crippen LogP contribution in [-0.4, -0.2) is 4.40 Å². The second kappa shape index (κ2) is 6.86. The number of hydrogen-bond donors (Lipinski definition) is 0. The van der Waals surface area contributed by atoms with Crippen LogP contribution in [0.25, 0.3) is 76.3 Å². The van der Waals surface area contributed by atoms with E-state index in [1.165, 1.54) is 76.3 Å². The minimum atomic E-state index is 0.0848. The highest BCUT2D eigenvalue weighted by Crippen LogP contribution is 2.46. The Morgan fingerprint density at radius 1 is 0.667 bits per heavy atom. The Bertz CT molecular complexity index is 2480. The van der Waals surface area contributed by atoms with Crippen LogP contribution < -0.4 is 4.40 Å². The quantitative estimate of drug-likeness (QED) is 0.149. The van der Waals surface area contributed by atoms with E-state index in [2.05, 4.69) is 128 Å². The van der Waals surface area contributed by atoms with Gasteiger partial charge in [-0.3, -0.25) is 0 Å². The highest BCUT2D eigenvalue weighted by molar-refractivity contribution is 6.35. The normalized spacial score (nSPS) is 13.1. The Balaban J connectivity index is 1.54. The van der Waals surface area contributed by atoms with Gasteiger partial charge in [0.15, 0.2) is 12.4 Å². The fourth-order valence-corrected chi connectivity index (χ4v) is 6.84. The maximum atomic E-state index is 6.49. The van der Waals surface area contributed by atoms with Crippen LogP contribution in [0, 0.1) is 6.92 Å². The Labute approximate surface area is 224 Å². The van der Waals surface area contributed by atoms with E-state index in [1.54, 1.807) is 0 Å². The maximum Gasteiger partial charge on any atom is 0.218 e. The molecule has 3 heteroatoms. The number of aromatic nitrogens is 2. The van der Waals surface area contributed by atoms with Crippen LogP contribution in [0.2, 0.25) is 0 Å². The molecule has 9 aromatic rings. The van der Waals surface area contributed by atoms with Crippen molar-refractivity contribution in [2.75, 3.05) is 0 Å². The number of aryl methyl sites for hydroxylation is 1. The van der Waals surface area contributed by atoms with Crippen LogP contribution in [0.4, 0.5) is 0 Å². The first-order chi connectivity index (χ1) is 18.9. The zero-order chi connectivity index (χ0) is 26.2. The van der Waals surface area contributed by atoms with E-state index in [4.69, 9.17) is 4.42 Å². The molecule has 3 nitrogen and oxygen atoms in total. The molecule has 0 aliphatic rings. The van der Waals surface area contributed by atoms with Gasteiger partial charge in [0.1, 0.15) is 11.2 Å². The predicted molar refractivity (Wildman–Crippen MR) is 162 cm³/mol. The SMILES string of the molecule is Cc1ccc2c(c1)c1c3c(cc4c5cc6c(cc[n+]7ccc(C(C)(C)C)cc67)cc5n2c41)oc1ccccc13. The van der Waals surface area contributed by atoms with Crippen molar-refractivity contribution in [1.29, 1.82) is 0 Å². The van der Waals surface area contributed by atoms with Crippen molar-refractivity contribution in [2.45, 2.75) is 33.1 Å². The molecule has 39 heavy (non-hydrogen) atoms. The van der Waals surface area contributed by atoms with Gasteiger partial charge in [0.25, 0.3) is 0 Å². The van der Waals surface area contributed by atoms with Crippen LogP contribution >= 0.6 is 0 Å². The Hall–Kier alpha value is -4.63. The molecule has 0 bridgehead atoms. The summed E-state index contributed by atoms with van der Waals surface area (Å²) in [6, 6.07) is 29.2. The fraction of sp³-hybridized carbons (Fsp3) is 0.139. The molecule has 0 saturated heterocycles. The van der Waals surface area contributed by atoms with Gasteiger partial charge in [-0.15, -0.1) is 0 Å². The third-order valence-corrected chi connectivity index (χ3v) is 8.77. The number of fused-ring (bicyclic) bond motifs is 13. The molecule has 186 valence electrons. The second-order valence-electron chi connectivity index (χ2n) is 12.2. The lowest BCUT2D eigenvalue weighted by atomic mass is 9.87. The Kier molecular flexibility index (Phi) is 3.75. The highest BCUT2D eigenvalue weighted by atomic mass is 16.3. The van der Waals surface area contributed by atoms with Gasteiger partial charge < -0.3 is 8.82 Å². The Morgan fingerprint density at radius 3 is 2.38 bits per heavy atom. The molecule has 0 atom stereocenters. The summed E-state index contributed by atoms with van der Waals surface area (Å²) in [5.41, 5.74) is 9.60. The summed E-state index contributed by atoms with van der Waals surface area (Å²) in [4.78, 5) is 0. The van der Waals surface area contributed by atoms with Gasteiger partial charge in [0.05, 0.1) is 21.9 Å². The van der Waals surface area contributed by atoms with Gasteiger partial charge >= 0.3 is 0 Å². The number of nitrogens with zero attached hydrogens (tertiary/aromatic N) is 2. The number of benzene rings is 4. The van der Waals surface area contributed by atoms with Crippen molar-refractivity contribution < 1.29 is 8.82 Å². The molecule has 0 unspecified atom stereocenters. The van der Waals surface area contributed by atoms with Gasteiger partial charge in [0, 0.05) is 50.5 Å². The smallest absolute Gasteiger partial charge is 0.218 e. The van der Waals surface area contributed by atoms with Crippen molar-refractivity contribution in [3.05, 3.63) is 102 Å². The van der Waals surface area contributed by atoms with Crippen LogP contribution in [-0.2, 0) is 5.41 Å². The lowest BCUT2D eigenvalue weighted by Gasteiger charge is -2.17. The monoisotopic (exact) mass is 503 g/mol. The van der Waals surface area contributed by atoms with E-state index >= 15 is 0 Å². The summed E-state index contributed by atoms with van der Waals surface area (Å²) in [5.74, 6) is 0. The van der Waals surface area contributed by atoms with Crippen molar-refractivity contribution in [1.82, 2.24) is 4.40 Å². The van der Waals surface area contributed by atoms with Crippen LogP contribution in [0.15, 0.2) is 95.7 Å². The predicted octanol–water partition coefficient (Wildman–Crippen LogP) is 9.23. The zero-order valence-corrected chi connectivity index (χ0v) is 22.5. The molecule has 0 radical (unpaired) electrons. The van der Waals surface area contributed by atoms with E-state index < -0.39 is 0 Å². The summed E-state index contributed by atoms with van der Waals surface area (Å²) >= 11 is 0. The van der Waals surface area contributed by atoms with E-state index in [9.17, 15) is 0 Å². The molecule has 9 rings (SSSR count). The van der Waals surface area contributed by atoms with Crippen molar-refractivity contribution in [2.24, 2.45) is 0 Å². The summed E-state index contributed by atoms with van der Waals surface area (Å²) in [7, 11) is 0. The van der Waals surface area contributed by atoms with Crippen molar-refractivity contribution in [3.63, 3.8) is 0 Å². The van der Waals surface area contributed by atoms with Crippen LogP contribution in [0.5, 0.6) is 0 Å². The third kappa shape index (κ3) is 2.65. The second-order valence-corrected chi connectivity index (χ2v) is 12.2. The van der Waals surface area contributed by atoms with Gasteiger partial charge in [-0.2, -0.15) is 4.40 Å². The molecule has 0 amide bonds. The topological polar surface area (TPSA) is 21.6 Å². The van der Waals surface area contributed by atoms with Gasteiger partial charge in [-0.1, -0.05) is 50.6 Å². The number of hydrogen-bond acceptors (Lipinski definition) is 1. The average molecular weight is 504 g/mol. The number of rotatable bonds is 0. The highest BCUT2D eigenvalue weighted by Gasteiger charge is 2.24. The van der Waals surface area contributed by atoms with E-state index in [-0.39, 0.29) is 5.41 Å². The first kappa shape index (κ1) is 21.3. The first-order valence-electron chi connectivity index (χ1n) is 13.7. The van der Waals surface area contributed by atoms with E-state index in [1.807, 2.05) is 0 Å². The van der Waals surface area contributed by atoms with E-state index in [0.29, 0.717) is 0 Å². The largest absolute Gasteiger partial charge is 0.456 e. The molecular weight excluding hydrogens is 476 g/mol. The molecule has 0 fully saturated rings. The molecule has 0 N–H and O–H groups in total. The maximum absolute atomic E-state index is 6.49. The summed E-state index contributed by atoms with van der Waals surface area (Å²) in [6.07, 6.45) is 4.38. The average Bonchev–Trinajstić information content (AvgIpc) is 3.56. The molecule has 4 aromatic carbocycles. The fourth-order valence-electron chi connectivity index (χ4n) is 6.84. The minimum absolute atomic E-state index is 0.0848. The lowest BCUT2D eigenvalue weighted by molar-refractivity contribution is -0.510. The number of pyridine rings is 2. The summed E-state index contributed by atoms with van der Waals surface area (Å²) in [6.45, 7) is 9.02. The lowest BCUT2D eigenvalue weighted by Crippen LogP contribution is -2.23. The molecule has 0 spiro atoms. The number of para-hydroxylation sites is 1. The first-order valence-corrected chi connectivity index (χ1v) is 13.7. The molecule has 5 heterocycles. The zero-order valence-electron chi connectivity index (χ0n) is 22.5. The van der Waals surface area contributed by atoms with Gasteiger partial charge in [0.2, 0.25) is 5.52 Å². The molecule has 0 aliphatic heterocycles. The summed E-state index contributed by atoms with van der Waals surface area (Å²) in [5, 5.41) is 10.0. The molecule has 5 aromatic heterocycles. The van der Waals surface area contributed by atoms with Crippen molar-refractivity contribution >= 4 is 76.3 Å². The molecule has 0 saturated carbocycles. The van der Waals surface area contributed by atoms with Crippen molar-refractivity contribution in [3.8, 4) is 0 Å². The molecular formula is C36H27N2O+. The van der Waals surface area contributed by atoms with Gasteiger partial charge in [-0.05, 0) is 59.7 Å². The van der Waals surface area contributed by atoms with Gasteiger partial charge in [-0.25, -0.2) is 0 Å². The summed E-state index contributed by atoms with van der Waals surface area (Å²) < 4.78 is 11.2.